The van der Waals surface area contributed by atoms with E-state index in [0.717, 1.165) is 6.04 Å². The molecule has 0 heterocycles. The van der Waals surface area contributed by atoms with Crippen molar-refractivity contribution in [2.45, 2.75) is 52.6 Å². The number of hydrogen-bond acceptors (Lipinski definition) is 2. The summed E-state index contributed by atoms with van der Waals surface area (Å²) in [5, 5.41) is 3.45. The molecule has 0 amide bonds. The smallest absolute Gasteiger partial charge is 0.0240 e. The number of hydrogen-bond donors (Lipinski definition) is 1. The number of nitrogens with zero attached hydrogens (tertiary/aromatic N) is 1. The third-order valence-corrected chi connectivity index (χ3v) is 3.28. The summed E-state index contributed by atoms with van der Waals surface area (Å²) in [6.07, 6.45) is 2.82. The lowest BCUT2D eigenvalue weighted by Crippen LogP contribution is -2.47. The van der Waals surface area contributed by atoms with Crippen LogP contribution in [0.5, 0.6) is 0 Å². The van der Waals surface area contributed by atoms with Gasteiger partial charge < -0.3 is 5.32 Å². The molecule has 0 bridgehead atoms. The van der Waals surface area contributed by atoms with Crippen LogP contribution in [0.3, 0.4) is 0 Å². The predicted molar refractivity (Wildman–Crippen MR) is 62.6 cm³/mol. The molecule has 1 atom stereocenters. The van der Waals surface area contributed by atoms with E-state index in [1.165, 1.54) is 25.9 Å². The zero-order chi connectivity index (χ0) is 10.8. The molecular weight excluding hydrogens is 172 g/mol. The zero-order valence-electron chi connectivity index (χ0n) is 10.4. The van der Waals surface area contributed by atoms with E-state index < -0.39 is 0 Å². The van der Waals surface area contributed by atoms with Gasteiger partial charge in [-0.2, -0.15) is 0 Å². The minimum Gasteiger partial charge on any atom is -0.315 e. The van der Waals surface area contributed by atoms with E-state index in [0.29, 0.717) is 11.5 Å². The quantitative estimate of drug-likeness (QED) is 0.728. The van der Waals surface area contributed by atoms with E-state index in [2.05, 4.69) is 45.0 Å². The molecule has 1 aliphatic rings. The molecule has 1 rings (SSSR count). The first kappa shape index (κ1) is 12.0. The molecule has 1 N–H and O–H groups in total. The van der Waals surface area contributed by atoms with Crippen molar-refractivity contribution in [2.24, 2.45) is 5.41 Å². The molecular formula is C12H26N2. The second kappa shape index (κ2) is 4.63. The van der Waals surface area contributed by atoms with Crippen molar-refractivity contribution in [3.63, 3.8) is 0 Å². The topological polar surface area (TPSA) is 15.3 Å². The van der Waals surface area contributed by atoms with Crippen molar-refractivity contribution in [3.8, 4) is 0 Å². The molecule has 0 saturated heterocycles. The molecule has 1 saturated carbocycles. The van der Waals surface area contributed by atoms with Gasteiger partial charge in [0.15, 0.2) is 0 Å². The largest absolute Gasteiger partial charge is 0.315 e. The van der Waals surface area contributed by atoms with Gasteiger partial charge in [0.05, 0.1) is 0 Å². The van der Waals surface area contributed by atoms with E-state index in [-0.39, 0.29) is 0 Å². The second-order valence-electron chi connectivity index (χ2n) is 5.53. The van der Waals surface area contributed by atoms with Gasteiger partial charge in [-0.1, -0.05) is 27.7 Å². The van der Waals surface area contributed by atoms with Crippen LogP contribution < -0.4 is 5.32 Å². The fourth-order valence-electron chi connectivity index (χ4n) is 2.01. The SMILES string of the molecule is CCN(CC(NC)C(C)(C)C)C1CC1. The average molecular weight is 198 g/mol. The standard InChI is InChI=1S/C12H26N2/c1-6-14(10-7-8-10)9-11(13-5)12(2,3)4/h10-11,13H,6-9H2,1-5H3. The van der Waals surface area contributed by atoms with Crippen molar-refractivity contribution in [2.75, 3.05) is 20.1 Å². The molecule has 0 radical (unpaired) electrons. The van der Waals surface area contributed by atoms with E-state index in [1.54, 1.807) is 0 Å². The lowest BCUT2D eigenvalue weighted by molar-refractivity contribution is 0.178. The van der Waals surface area contributed by atoms with Crippen LogP contribution in [0.15, 0.2) is 0 Å². The van der Waals surface area contributed by atoms with Gasteiger partial charge in [0.1, 0.15) is 0 Å². The Balaban J connectivity index is 2.45. The zero-order valence-corrected chi connectivity index (χ0v) is 10.4. The lowest BCUT2D eigenvalue weighted by atomic mass is 9.86. The molecule has 2 heteroatoms. The van der Waals surface area contributed by atoms with E-state index in [1.807, 2.05) is 0 Å². The fourth-order valence-corrected chi connectivity index (χ4v) is 2.01. The Kier molecular flexibility index (Phi) is 3.96. The molecule has 1 aliphatic carbocycles. The Morgan fingerprint density at radius 2 is 1.93 bits per heavy atom. The lowest BCUT2D eigenvalue weighted by Gasteiger charge is -2.35. The molecule has 0 aliphatic heterocycles. The third kappa shape index (κ3) is 3.25. The molecule has 0 aromatic rings. The minimum atomic E-state index is 0.358. The van der Waals surface area contributed by atoms with Crippen LogP contribution in [0.25, 0.3) is 0 Å². The molecule has 84 valence electrons. The Hall–Kier alpha value is -0.0800. The Morgan fingerprint density at radius 1 is 1.36 bits per heavy atom. The summed E-state index contributed by atoms with van der Waals surface area (Å²) in [5.41, 5.74) is 0.358. The predicted octanol–water partition coefficient (Wildman–Crippen LogP) is 2.10. The van der Waals surface area contributed by atoms with Crippen LogP contribution in [0.2, 0.25) is 0 Å². The summed E-state index contributed by atoms with van der Waals surface area (Å²) in [5.74, 6) is 0. The molecule has 0 spiro atoms. The van der Waals surface area contributed by atoms with Gasteiger partial charge in [-0.05, 0) is 31.8 Å². The van der Waals surface area contributed by atoms with E-state index >= 15 is 0 Å². The summed E-state index contributed by atoms with van der Waals surface area (Å²) in [7, 11) is 2.08. The van der Waals surface area contributed by atoms with Crippen molar-refractivity contribution in [3.05, 3.63) is 0 Å². The maximum Gasteiger partial charge on any atom is 0.0240 e. The first-order valence-corrected chi connectivity index (χ1v) is 5.90. The van der Waals surface area contributed by atoms with Gasteiger partial charge in [-0.15, -0.1) is 0 Å². The first-order chi connectivity index (χ1) is 6.49. The highest BCUT2D eigenvalue weighted by Gasteiger charge is 2.32. The van der Waals surface area contributed by atoms with Crippen molar-refractivity contribution in [1.29, 1.82) is 0 Å². The number of likely N-dealkylation sites (N-methyl/N-ethyl adjacent to an activating group) is 2. The van der Waals surface area contributed by atoms with Crippen LogP contribution in [-0.4, -0.2) is 37.1 Å². The van der Waals surface area contributed by atoms with Crippen molar-refractivity contribution < 1.29 is 0 Å². The molecule has 0 aromatic heterocycles. The second-order valence-corrected chi connectivity index (χ2v) is 5.53. The maximum atomic E-state index is 3.45. The van der Waals surface area contributed by atoms with Crippen LogP contribution in [0.4, 0.5) is 0 Å². The molecule has 1 unspecified atom stereocenters. The number of nitrogens with one attached hydrogen (secondary N) is 1. The Bertz CT molecular complexity index is 168. The van der Waals surface area contributed by atoms with Crippen LogP contribution in [-0.2, 0) is 0 Å². The maximum absolute atomic E-state index is 3.45. The summed E-state index contributed by atoms with van der Waals surface area (Å²) >= 11 is 0. The highest BCUT2D eigenvalue weighted by atomic mass is 15.2. The van der Waals surface area contributed by atoms with Gasteiger partial charge >= 0.3 is 0 Å². The summed E-state index contributed by atoms with van der Waals surface area (Å²) in [4.78, 5) is 2.62. The summed E-state index contributed by atoms with van der Waals surface area (Å²) in [6, 6.07) is 1.49. The summed E-state index contributed by atoms with van der Waals surface area (Å²) in [6.45, 7) is 11.6. The van der Waals surface area contributed by atoms with Gasteiger partial charge in [0.25, 0.3) is 0 Å². The molecule has 0 aromatic carbocycles. The van der Waals surface area contributed by atoms with Gasteiger partial charge in [-0.25, -0.2) is 0 Å². The first-order valence-electron chi connectivity index (χ1n) is 5.90. The fraction of sp³-hybridized carbons (Fsp3) is 1.00. The van der Waals surface area contributed by atoms with Gasteiger partial charge in [-0.3, -0.25) is 4.90 Å². The molecule has 1 fully saturated rings. The van der Waals surface area contributed by atoms with Gasteiger partial charge in [0.2, 0.25) is 0 Å². The van der Waals surface area contributed by atoms with Crippen LogP contribution in [0, 0.1) is 5.41 Å². The average Bonchev–Trinajstić information content (AvgIpc) is 2.87. The molecule has 14 heavy (non-hydrogen) atoms. The van der Waals surface area contributed by atoms with Crippen molar-refractivity contribution >= 4 is 0 Å². The van der Waals surface area contributed by atoms with Crippen LogP contribution >= 0.6 is 0 Å². The normalized spacial score (nSPS) is 20.1. The Morgan fingerprint density at radius 3 is 2.21 bits per heavy atom. The van der Waals surface area contributed by atoms with Crippen molar-refractivity contribution in [1.82, 2.24) is 10.2 Å². The van der Waals surface area contributed by atoms with E-state index in [4.69, 9.17) is 0 Å². The highest BCUT2D eigenvalue weighted by molar-refractivity contribution is 4.89. The monoisotopic (exact) mass is 198 g/mol. The third-order valence-electron chi connectivity index (χ3n) is 3.28. The molecule has 2 nitrogen and oxygen atoms in total. The minimum absolute atomic E-state index is 0.358. The van der Waals surface area contributed by atoms with E-state index in [9.17, 15) is 0 Å². The Labute approximate surface area is 89.1 Å². The van der Waals surface area contributed by atoms with Gasteiger partial charge in [0, 0.05) is 18.6 Å². The van der Waals surface area contributed by atoms with Crippen LogP contribution in [0.1, 0.15) is 40.5 Å². The number of rotatable bonds is 5. The summed E-state index contributed by atoms with van der Waals surface area (Å²) < 4.78 is 0. The highest BCUT2D eigenvalue weighted by Crippen LogP contribution is 2.28.